The minimum Gasteiger partial charge on any atom is -0.283 e. The van der Waals surface area contributed by atoms with Crippen LogP contribution in [0, 0.1) is 17.0 Å². The summed E-state index contributed by atoms with van der Waals surface area (Å²) >= 11 is 0. The first-order chi connectivity index (χ1) is 5.46. The van der Waals surface area contributed by atoms with Gasteiger partial charge < -0.3 is 0 Å². The van der Waals surface area contributed by atoms with Crippen LogP contribution in [0.2, 0.25) is 0 Å². The van der Waals surface area contributed by atoms with Crippen molar-refractivity contribution in [1.29, 1.82) is 0 Å². The van der Waals surface area contributed by atoms with Crippen LogP contribution in [0.15, 0.2) is 4.79 Å². The van der Waals surface area contributed by atoms with Crippen LogP contribution in [0.25, 0.3) is 0 Å². The molecule has 0 unspecified atom stereocenters. The number of nitrogens with zero attached hydrogens (tertiary/aromatic N) is 3. The number of hydrogen-bond acceptors (Lipinski definition) is 3. The molecule has 1 aromatic heterocycles. The van der Waals surface area contributed by atoms with Crippen LogP contribution in [0.1, 0.15) is 5.69 Å². The molecule has 0 atom stereocenters. The highest BCUT2D eigenvalue weighted by molar-refractivity contribution is 5.32. The van der Waals surface area contributed by atoms with Crippen LogP contribution >= 0.6 is 0 Å². The van der Waals surface area contributed by atoms with Crippen molar-refractivity contribution in [3.63, 3.8) is 0 Å². The molecule has 0 spiro atoms. The van der Waals surface area contributed by atoms with Gasteiger partial charge in [-0.25, -0.2) is 4.68 Å². The lowest BCUT2D eigenvalue weighted by Gasteiger charge is -1.97. The molecule has 1 heterocycles. The number of aromatic nitrogens is 2. The molecule has 0 saturated carbocycles. The van der Waals surface area contributed by atoms with Gasteiger partial charge in [-0.2, -0.15) is 0 Å². The molecule has 1 aromatic rings. The first kappa shape index (κ1) is 8.51. The Bertz CT molecular complexity index is 387. The van der Waals surface area contributed by atoms with Crippen molar-refractivity contribution < 1.29 is 4.92 Å². The zero-order valence-corrected chi connectivity index (χ0v) is 7.07. The van der Waals surface area contributed by atoms with Crippen LogP contribution in [0.5, 0.6) is 0 Å². The fourth-order valence-electron chi connectivity index (χ4n) is 1.03. The molecular formula is C6H9N3O3. The second-order valence-corrected chi connectivity index (χ2v) is 2.54. The highest BCUT2D eigenvalue weighted by atomic mass is 16.6. The first-order valence-corrected chi connectivity index (χ1v) is 3.33. The Kier molecular flexibility index (Phi) is 1.75. The summed E-state index contributed by atoms with van der Waals surface area (Å²) in [5, 5.41) is 10.4. The summed E-state index contributed by atoms with van der Waals surface area (Å²) in [6.07, 6.45) is 0. The molecule has 0 bridgehead atoms. The highest BCUT2D eigenvalue weighted by Crippen LogP contribution is 2.10. The van der Waals surface area contributed by atoms with Gasteiger partial charge in [0.2, 0.25) is 0 Å². The van der Waals surface area contributed by atoms with Gasteiger partial charge in [-0.3, -0.25) is 19.6 Å². The first-order valence-electron chi connectivity index (χ1n) is 3.33. The molecule has 6 nitrogen and oxygen atoms in total. The quantitative estimate of drug-likeness (QED) is 0.439. The van der Waals surface area contributed by atoms with E-state index in [1.165, 1.54) is 16.4 Å². The third-order valence-electron chi connectivity index (χ3n) is 1.96. The van der Waals surface area contributed by atoms with Gasteiger partial charge in [0.15, 0.2) is 0 Å². The Morgan fingerprint density at radius 2 is 1.83 bits per heavy atom. The Balaban J connectivity index is 3.60. The van der Waals surface area contributed by atoms with Gasteiger partial charge in [0, 0.05) is 14.1 Å². The van der Waals surface area contributed by atoms with E-state index in [1.54, 1.807) is 14.0 Å². The highest BCUT2D eigenvalue weighted by Gasteiger charge is 2.22. The van der Waals surface area contributed by atoms with Crippen molar-refractivity contribution in [3.05, 3.63) is 26.2 Å². The lowest BCUT2D eigenvalue weighted by atomic mass is 10.4. The SMILES string of the molecule is Cc1c([N+](=O)[O-])c(=O)n(C)n1C. The lowest BCUT2D eigenvalue weighted by Crippen LogP contribution is -2.18. The van der Waals surface area contributed by atoms with Crippen molar-refractivity contribution >= 4 is 5.69 Å². The molecule has 0 aliphatic rings. The maximum atomic E-state index is 11.2. The summed E-state index contributed by atoms with van der Waals surface area (Å²) in [6, 6.07) is 0. The second-order valence-electron chi connectivity index (χ2n) is 2.54. The molecule has 0 amide bonds. The van der Waals surface area contributed by atoms with E-state index >= 15 is 0 Å². The van der Waals surface area contributed by atoms with E-state index in [1.807, 2.05) is 0 Å². The Hall–Kier alpha value is -1.59. The van der Waals surface area contributed by atoms with E-state index in [2.05, 4.69) is 0 Å². The standard InChI is InChI=1S/C6H9N3O3/c1-4-5(9(11)12)6(10)8(3)7(4)2/h1-3H3. The van der Waals surface area contributed by atoms with Crippen LogP contribution in [-0.4, -0.2) is 14.3 Å². The average molecular weight is 171 g/mol. The van der Waals surface area contributed by atoms with Crippen molar-refractivity contribution in [3.8, 4) is 0 Å². The molecule has 12 heavy (non-hydrogen) atoms. The van der Waals surface area contributed by atoms with Crippen LogP contribution < -0.4 is 5.56 Å². The largest absolute Gasteiger partial charge is 0.355 e. The van der Waals surface area contributed by atoms with Crippen molar-refractivity contribution in [1.82, 2.24) is 9.36 Å². The molecular weight excluding hydrogens is 162 g/mol. The normalized spacial score (nSPS) is 10.2. The molecule has 0 aromatic carbocycles. The zero-order chi connectivity index (χ0) is 9.46. The Morgan fingerprint density at radius 3 is 2.00 bits per heavy atom. The number of rotatable bonds is 1. The summed E-state index contributed by atoms with van der Waals surface area (Å²) in [5.41, 5.74) is -0.549. The third kappa shape index (κ3) is 0.919. The Labute approximate surface area is 68.2 Å². The predicted molar refractivity (Wildman–Crippen MR) is 42.0 cm³/mol. The van der Waals surface area contributed by atoms with Gasteiger partial charge in [-0.15, -0.1) is 0 Å². The molecule has 0 saturated heterocycles. The topological polar surface area (TPSA) is 70.1 Å². The molecule has 1 rings (SSSR count). The number of hydrogen-bond donors (Lipinski definition) is 0. The summed E-state index contributed by atoms with van der Waals surface area (Å²) in [5.74, 6) is 0. The average Bonchev–Trinajstić information content (AvgIpc) is 2.16. The summed E-state index contributed by atoms with van der Waals surface area (Å²) < 4.78 is 2.65. The molecule has 0 radical (unpaired) electrons. The molecule has 0 fully saturated rings. The summed E-state index contributed by atoms with van der Waals surface area (Å²) in [6.45, 7) is 1.54. The van der Waals surface area contributed by atoms with Gasteiger partial charge in [0.25, 0.3) is 0 Å². The van der Waals surface area contributed by atoms with Crippen molar-refractivity contribution in [2.75, 3.05) is 0 Å². The summed E-state index contributed by atoms with van der Waals surface area (Å²) in [4.78, 5) is 20.9. The molecule has 6 heteroatoms. The van der Waals surface area contributed by atoms with Crippen LogP contribution in [0.4, 0.5) is 5.69 Å². The Morgan fingerprint density at radius 1 is 1.33 bits per heavy atom. The smallest absolute Gasteiger partial charge is 0.283 e. The fraction of sp³-hybridized carbons (Fsp3) is 0.500. The van der Waals surface area contributed by atoms with E-state index in [0.29, 0.717) is 5.69 Å². The minimum absolute atomic E-state index is 0.347. The predicted octanol–water partition coefficient (Wildman–Crippen LogP) is -0.0596. The van der Waals surface area contributed by atoms with Crippen molar-refractivity contribution in [2.24, 2.45) is 14.1 Å². The second kappa shape index (κ2) is 2.47. The third-order valence-corrected chi connectivity index (χ3v) is 1.96. The van der Waals surface area contributed by atoms with E-state index in [-0.39, 0.29) is 5.69 Å². The van der Waals surface area contributed by atoms with Gasteiger partial charge in [-0.1, -0.05) is 0 Å². The summed E-state index contributed by atoms with van der Waals surface area (Å²) in [7, 11) is 3.09. The van der Waals surface area contributed by atoms with E-state index in [9.17, 15) is 14.9 Å². The lowest BCUT2D eigenvalue weighted by molar-refractivity contribution is -0.386. The van der Waals surface area contributed by atoms with Gasteiger partial charge in [0.1, 0.15) is 5.69 Å². The molecule has 0 aliphatic heterocycles. The number of nitro groups is 1. The maximum absolute atomic E-state index is 11.2. The zero-order valence-electron chi connectivity index (χ0n) is 7.07. The van der Waals surface area contributed by atoms with Crippen LogP contribution in [-0.2, 0) is 14.1 Å². The van der Waals surface area contributed by atoms with Gasteiger partial charge in [0.05, 0.1) is 4.92 Å². The van der Waals surface area contributed by atoms with Gasteiger partial charge in [-0.05, 0) is 6.92 Å². The van der Waals surface area contributed by atoms with E-state index < -0.39 is 10.5 Å². The van der Waals surface area contributed by atoms with E-state index in [4.69, 9.17) is 0 Å². The molecule has 66 valence electrons. The van der Waals surface area contributed by atoms with E-state index in [0.717, 1.165) is 0 Å². The van der Waals surface area contributed by atoms with Crippen molar-refractivity contribution in [2.45, 2.75) is 6.92 Å². The fourth-order valence-corrected chi connectivity index (χ4v) is 1.03. The van der Waals surface area contributed by atoms with Gasteiger partial charge >= 0.3 is 11.2 Å². The molecule has 0 N–H and O–H groups in total. The maximum Gasteiger partial charge on any atom is 0.355 e. The molecule has 0 aliphatic carbocycles. The monoisotopic (exact) mass is 171 g/mol. The van der Waals surface area contributed by atoms with Crippen LogP contribution in [0.3, 0.4) is 0 Å². The minimum atomic E-state index is -0.655.